The Morgan fingerprint density at radius 1 is 0.947 bits per heavy atom. The minimum Gasteiger partial charge on any atom is -0.435 e. The quantitative estimate of drug-likeness (QED) is 0.338. The molecule has 6 nitrogen and oxygen atoms in total. The lowest BCUT2D eigenvalue weighted by atomic mass is 9.58. The highest BCUT2D eigenvalue weighted by Crippen LogP contribution is 2.60. The van der Waals surface area contributed by atoms with Crippen LogP contribution in [0.4, 0.5) is 8.78 Å². The van der Waals surface area contributed by atoms with Crippen molar-refractivity contribution in [2.75, 3.05) is 0 Å². The van der Waals surface area contributed by atoms with Crippen molar-refractivity contribution < 1.29 is 37.6 Å². The van der Waals surface area contributed by atoms with Gasteiger partial charge in [0.1, 0.15) is 11.6 Å². The summed E-state index contributed by atoms with van der Waals surface area (Å²) in [5.41, 5.74) is 0.734. The van der Waals surface area contributed by atoms with Gasteiger partial charge in [-0.1, -0.05) is 38.1 Å². The molecule has 1 spiro atoms. The molecule has 2 aromatic rings. The monoisotopic (exact) mass is 528 g/mol. The van der Waals surface area contributed by atoms with E-state index in [0.717, 1.165) is 30.4 Å². The van der Waals surface area contributed by atoms with E-state index in [-0.39, 0.29) is 35.8 Å². The summed E-state index contributed by atoms with van der Waals surface area (Å²) >= 11 is 0. The molecule has 8 atom stereocenters. The first kappa shape index (κ1) is 25.9. The second kappa shape index (κ2) is 9.66. The van der Waals surface area contributed by atoms with E-state index in [1.165, 1.54) is 24.3 Å². The number of carbonyl (C=O) groups excluding carboxylic acids is 1. The maximum atomic E-state index is 13.6. The predicted octanol–water partition coefficient (Wildman–Crippen LogP) is 6.24. The minimum atomic E-state index is -0.914. The lowest BCUT2D eigenvalue weighted by molar-refractivity contribution is -0.576. The molecular formula is C30H34F2O6. The Hall–Kier alpha value is -2.39. The highest BCUT2D eigenvalue weighted by Gasteiger charge is 2.69. The zero-order valence-electron chi connectivity index (χ0n) is 21.9. The Bertz CT molecular complexity index is 1130. The molecule has 2 bridgehead atoms. The lowest BCUT2D eigenvalue weighted by Crippen LogP contribution is -2.70. The van der Waals surface area contributed by atoms with Gasteiger partial charge in [-0.3, -0.25) is 4.79 Å². The Balaban J connectivity index is 1.24. The molecule has 7 rings (SSSR count). The van der Waals surface area contributed by atoms with Gasteiger partial charge in [-0.2, -0.15) is 0 Å². The van der Waals surface area contributed by atoms with Gasteiger partial charge in [0.25, 0.3) is 0 Å². The van der Waals surface area contributed by atoms with E-state index in [2.05, 4.69) is 6.92 Å². The van der Waals surface area contributed by atoms with E-state index < -0.39 is 35.9 Å². The molecule has 0 radical (unpaired) electrons. The van der Waals surface area contributed by atoms with Crippen molar-refractivity contribution in [2.45, 2.75) is 82.8 Å². The second-order valence-electron chi connectivity index (χ2n) is 11.6. The van der Waals surface area contributed by atoms with E-state index in [1.807, 2.05) is 13.8 Å². The molecule has 4 heterocycles. The number of carbonyl (C=O) groups is 1. The van der Waals surface area contributed by atoms with Gasteiger partial charge in [0.15, 0.2) is 11.9 Å². The van der Waals surface area contributed by atoms with Crippen LogP contribution in [0.25, 0.3) is 0 Å². The largest absolute Gasteiger partial charge is 0.435 e. The molecule has 1 saturated carbocycles. The van der Waals surface area contributed by atoms with Crippen molar-refractivity contribution in [1.82, 2.24) is 0 Å². The van der Waals surface area contributed by atoms with Crippen molar-refractivity contribution in [3.05, 3.63) is 71.3 Å². The maximum Gasteiger partial charge on any atom is 0.309 e. The molecule has 0 amide bonds. The first-order valence-electron chi connectivity index (χ1n) is 13.6. The van der Waals surface area contributed by atoms with Crippen molar-refractivity contribution in [2.24, 2.45) is 23.7 Å². The Morgan fingerprint density at radius 3 is 2.21 bits per heavy atom. The van der Waals surface area contributed by atoms with E-state index in [9.17, 15) is 13.6 Å². The highest BCUT2D eigenvalue weighted by atomic mass is 19.1. The minimum absolute atomic E-state index is 0.0117. The van der Waals surface area contributed by atoms with Gasteiger partial charge in [0.2, 0.25) is 12.1 Å². The molecule has 0 N–H and O–H groups in total. The third-order valence-corrected chi connectivity index (χ3v) is 9.26. The summed E-state index contributed by atoms with van der Waals surface area (Å²) in [7, 11) is 0. The molecule has 5 aliphatic rings. The third-order valence-electron chi connectivity index (χ3n) is 9.26. The lowest BCUT2D eigenvalue weighted by Gasteiger charge is -2.59. The summed E-state index contributed by atoms with van der Waals surface area (Å²) in [5.74, 6) is -2.00. The molecule has 38 heavy (non-hydrogen) atoms. The summed E-state index contributed by atoms with van der Waals surface area (Å²) in [5, 5.41) is 0. The average Bonchev–Trinajstić information content (AvgIpc) is 3.13. The standard InChI is InChI=1S/C30H34F2O6/c1-17-4-13-25-18(2)27(35-28-30(25)24(17)14-15-29(3,36-28)37-38-30)34-26(33)16-23(19-5-9-21(31)10-6-19)20-7-11-22(32)12-8-20/h5-12,17-18,23-25,27-28H,4,13-16H2,1-3H3/t17-,18-,24+,25+,27-,28-,29-,30-/m1/s1. The fourth-order valence-electron chi connectivity index (χ4n) is 7.17. The Kier molecular flexibility index (Phi) is 6.58. The number of hydrogen-bond donors (Lipinski definition) is 0. The molecule has 4 saturated heterocycles. The molecule has 1 aliphatic carbocycles. The number of halogens is 2. The molecule has 2 aromatic carbocycles. The zero-order chi connectivity index (χ0) is 26.7. The molecule has 5 fully saturated rings. The molecule has 4 aliphatic heterocycles. The van der Waals surface area contributed by atoms with Crippen LogP contribution in [0, 0.1) is 35.3 Å². The van der Waals surface area contributed by atoms with Gasteiger partial charge in [0.05, 0.1) is 6.42 Å². The van der Waals surface area contributed by atoms with Gasteiger partial charge in [-0.15, -0.1) is 0 Å². The molecule has 0 aromatic heterocycles. The summed E-state index contributed by atoms with van der Waals surface area (Å²) in [4.78, 5) is 25.4. The summed E-state index contributed by atoms with van der Waals surface area (Å²) in [6.07, 6.45) is 2.03. The molecule has 204 valence electrons. The van der Waals surface area contributed by atoms with Crippen LogP contribution in [0.2, 0.25) is 0 Å². The molecular weight excluding hydrogens is 494 g/mol. The summed E-state index contributed by atoms with van der Waals surface area (Å²) in [6.45, 7) is 6.13. The number of benzene rings is 2. The average molecular weight is 529 g/mol. The topological polar surface area (TPSA) is 63.2 Å². The van der Waals surface area contributed by atoms with Crippen molar-refractivity contribution in [3.8, 4) is 0 Å². The van der Waals surface area contributed by atoms with E-state index in [1.54, 1.807) is 24.3 Å². The van der Waals surface area contributed by atoms with Crippen molar-refractivity contribution >= 4 is 5.97 Å². The van der Waals surface area contributed by atoms with E-state index >= 15 is 0 Å². The molecule has 8 heteroatoms. The number of rotatable bonds is 5. The van der Waals surface area contributed by atoms with Gasteiger partial charge < -0.3 is 14.2 Å². The zero-order valence-corrected chi connectivity index (χ0v) is 21.9. The maximum absolute atomic E-state index is 13.6. The van der Waals surface area contributed by atoms with Crippen LogP contribution in [0.15, 0.2) is 48.5 Å². The van der Waals surface area contributed by atoms with Crippen molar-refractivity contribution in [1.29, 1.82) is 0 Å². The number of hydrogen-bond acceptors (Lipinski definition) is 6. The van der Waals surface area contributed by atoms with Gasteiger partial charge in [-0.05, 0) is 73.4 Å². The van der Waals surface area contributed by atoms with E-state index in [0.29, 0.717) is 12.3 Å². The van der Waals surface area contributed by atoms with E-state index in [4.69, 9.17) is 24.0 Å². The van der Waals surface area contributed by atoms with Crippen molar-refractivity contribution in [3.63, 3.8) is 0 Å². The first-order valence-corrected chi connectivity index (χ1v) is 13.6. The Labute approximate surface area is 221 Å². The normalized spacial score (nSPS) is 37.9. The summed E-state index contributed by atoms with van der Waals surface area (Å²) in [6, 6.07) is 12.0. The number of fused-ring (bicyclic) bond motifs is 2. The van der Waals surface area contributed by atoms with Crippen LogP contribution in [-0.2, 0) is 28.8 Å². The van der Waals surface area contributed by atoms with Gasteiger partial charge in [0, 0.05) is 24.2 Å². The fourth-order valence-corrected chi connectivity index (χ4v) is 7.17. The predicted molar refractivity (Wildman–Crippen MR) is 132 cm³/mol. The van der Waals surface area contributed by atoms with Crippen LogP contribution in [0.3, 0.4) is 0 Å². The Morgan fingerprint density at radius 2 is 1.58 bits per heavy atom. The van der Waals surface area contributed by atoms with Crippen LogP contribution in [0.1, 0.15) is 69.9 Å². The smallest absolute Gasteiger partial charge is 0.309 e. The number of esters is 1. The summed E-state index contributed by atoms with van der Waals surface area (Å²) < 4.78 is 45.9. The van der Waals surface area contributed by atoms with Crippen LogP contribution in [0.5, 0.6) is 0 Å². The second-order valence-corrected chi connectivity index (χ2v) is 11.6. The van der Waals surface area contributed by atoms with Gasteiger partial charge in [-0.25, -0.2) is 18.6 Å². The SMILES string of the molecule is C[C@H]1[C@H](OC(=O)CC(c2ccc(F)cc2)c2ccc(F)cc2)O[C@@H]2O[C@@]3(C)CC[C@H]4[C@H](C)CC[C@@H]1[C@@]24OO3. The van der Waals surface area contributed by atoms with Gasteiger partial charge >= 0.3 is 5.97 Å². The number of ether oxygens (including phenoxy) is 3. The highest BCUT2D eigenvalue weighted by molar-refractivity contribution is 5.71. The third kappa shape index (κ3) is 4.35. The first-order chi connectivity index (χ1) is 18.2. The fraction of sp³-hybridized carbons (Fsp3) is 0.567. The molecule has 0 unspecified atom stereocenters. The van der Waals surface area contributed by atoms with Crippen LogP contribution < -0.4 is 0 Å². The van der Waals surface area contributed by atoms with Crippen LogP contribution >= 0.6 is 0 Å². The van der Waals surface area contributed by atoms with Crippen LogP contribution in [-0.4, -0.2) is 29.9 Å².